The molecule has 3 amide bonds. The van der Waals surface area contributed by atoms with Crippen LogP contribution in [-0.4, -0.2) is 29.6 Å². The first-order chi connectivity index (χ1) is 14.2. The molecule has 2 heterocycles. The van der Waals surface area contributed by atoms with E-state index in [2.05, 4.69) is 20.8 Å². The summed E-state index contributed by atoms with van der Waals surface area (Å²) in [7, 11) is 1.60. The number of hydrogen-bond donors (Lipinski definition) is 2. The maximum absolute atomic E-state index is 12.2. The Morgan fingerprint density at radius 2 is 1.83 bits per heavy atom. The van der Waals surface area contributed by atoms with Crippen molar-refractivity contribution in [2.75, 3.05) is 22.6 Å². The zero-order valence-electron chi connectivity index (χ0n) is 17.2. The summed E-state index contributed by atoms with van der Waals surface area (Å²) in [4.78, 5) is 28.5. The lowest BCUT2D eigenvalue weighted by Crippen LogP contribution is -2.19. The maximum atomic E-state index is 12.2. The van der Waals surface area contributed by atoms with Crippen molar-refractivity contribution in [3.63, 3.8) is 0 Å². The highest BCUT2D eigenvalue weighted by molar-refractivity contribution is 5.98. The van der Waals surface area contributed by atoms with Crippen LogP contribution in [0.25, 0.3) is 0 Å². The number of carbonyl (C=O) groups is 2. The van der Waals surface area contributed by atoms with Gasteiger partial charge in [0.25, 0.3) is 0 Å². The van der Waals surface area contributed by atoms with Crippen molar-refractivity contribution < 1.29 is 18.8 Å². The molecule has 0 radical (unpaired) electrons. The van der Waals surface area contributed by atoms with Crippen LogP contribution in [0, 0.1) is 0 Å². The van der Waals surface area contributed by atoms with Crippen LogP contribution < -0.4 is 20.3 Å². The molecule has 0 saturated heterocycles. The third-order valence-corrected chi connectivity index (χ3v) is 4.10. The van der Waals surface area contributed by atoms with Crippen molar-refractivity contribution in [2.24, 2.45) is 0 Å². The number of carbonyl (C=O) groups excluding carboxylic acids is 2. The lowest BCUT2D eigenvalue weighted by Gasteiger charge is -2.12. The van der Waals surface area contributed by atoms with Crippen LogP contribution in [0.4, 0.5) is 22.2 Å². The smallest absolute Gasteiger partial charge is 0.326 e. The molecule has 3 rings (SSSR count). The second kappa shape index (κ2) is 8.64. The Labute approximate surface area is 174 Å². The molecule has 0 atom stereocenters. The van der Waals surface area contributed by atoms with Gasteiger partial charge in [0.2, 0.25) is 12.3 Å². The van der Waals surface area contributed by atoms with Gasteiger partial charge in [-0.25, -0.2) is 9.78 Å². The molecule has 2 N–H and O–H groups in total. The van der Waals surface area contributed by atoms with Gasteiger partial charge in [-0.05, 0) is 30.3 Å². The molecule has 1 aromatic carbocycles. The number of ether oxygens (including phenoxy) is 1. The number of benzene rings is 1. The van der Waals surface area contributed by atoms with Gasteiger partial charge in [-0.3, -0.25) is 10.1 Å². The molecule has 156 valence electrons. The summed E-state index contributed by atoms with van der Waals surface area (Å²) < 4.78 is 10.9. The number of pyridine rings is 1. The van der Waals surface area contributed by atoms with E-state index in [-0.39, 0.29) is 11.3 Å². The molecule has 0 spiro atoms. The number of anilines is 3. The normalized spacial score (nSPS) is 10.9. The Morgan fingerprint density at radius 3 is 2.47 bits per heavy atom. The van der Waals surface area contributed by atoms with Gasteiger partial charge in [-0.15, -0.1) is 0 Å². The van der Waals surface area contributed by atoms with Gasteiger partial charge >= 0.3 is 6.03 Å². The lowest BCUT2D eigenvalue weighted by molar-refractivity contribution is -0.107. The van der Waals surface area contributed by atoms with Crippen LogP contribution in [0.5, 0.6) is 11.5 Å². The van der Waals surface area contributed by atoms with E-state index >= 15 is 0 Å². The standard InChI is InChI=1S/C21H23N5O4/c1-21(2,3)17-12-19(30-25-17)24-20(28)23-14-5-7-15(8-6-14)29-16-9-10-22-18(11-16)26(4)13-27/h5-13H,1-4H3,(H2,23,24,28). The Kier molecular flexibility index (Phi) is 6.01. The molecule has 0 aliphatic heterocycles. The van der Waals surface area contributed by atoms with Gasteiger partial charge in [-0.2, -0.15) is 0 Å². The highest BCUT2D eigenvalue weighted by Gasteiger charge is 2.19. The highest BCUT2D eigenvalue weighted by Crippen LogP contribution is 2.26. The summed E-state index contributed by atoms with van der Waals surface area (Å²) in [5, 5.41) is 9.28. The van der Waals surface area contributed by atoms with E-state index in [0.717, 1.165) is 5.69 Å². The fourth-order valence-electron chi connectivity index (χ4n) is 2.41. The Morgan fingerprint density at radius 1 is 1.10 bits per heavy atom. The highest BCUT2D eigenvalue weighted by atomic mass is 16.5. The molecule has 0 bridgehead atoms. The predicted molar refractivity (Wildman–Crippen MR) is 113 cm³/mol. The molecule has 30 heavy (non-hydrogen) atoms. The minimum Gasteiger partial charge on any atom is -0.457 e. The first-order valence-electron chi connectivity index (χ1n) is 9.22. The quantitative estimate of drug-likeness (QED) is 0.584. The number of rotatable bonds is 6. The number of aromatic nitrogens is 2. The first kappa shape index (κ1) is 20.8. The van der Waals surface area contributed by atoms with Crippen LogP contribution >= 0.6 is 0 Å². The summed E-state index contributed by atoms with van der Waals surface area (Å²) in [6.07, 6.45) is 2.22. The minimum absolute atomic E-state index is 0.173. The third-order valence-electron chi connectivity index (χ3n) is 4.10. The van der Waals surface area contributed by atoms with Gasteiger partial charge in [-0.1, -0.05) is 25.9 Å². The van der Waals surface area contributed by atoms with E-state index in [1.165, 1.54) is 4.90 Å². The van der Waals surface area contributed by atoms with Crippen molar-refractivity contribution in [3.8, 4) is 11.5 Å². The Hall–Kier alpha value is -3.88. The summed E-state index contributed by atoms with van der Waals surface area (Å²) in [6, 6.07) is 11.4. The average molecular weight is 409 g/mol. The number of nitrogens with one attached hydrogen (secondary N) is 2. The van der Waals surface area contributed by atoms with Crippen LogP contribution in [0.15, 0.2) is 53.2 Å². The van der Waals surface area contributed by atoms with Crippen molar-refractivity contribution in [3.05, 3.63) is 54.4 Å². The molecular weight excluding hydrogens is 386 g/mol. The molecule has 0 fully saturated rings. The predicted octanol–water partition coefficient (Wildman–Crippen LogP) is 4.40. The second-order valence-corrected chi connectivity index (χ2v) is 7.60. The lowest BCUT2D eigenvalue weighted by atomic mass is 9.92. The average Bonchev–Trinajstić information content (AvgIpc) is 3.18. The molecule has 0 unspecified atom stereocenters. The Balaban J connectivity index is 1.58. The summed E-state index contributed by atoms with van der Waals surface area (Å²) in [5.41, 5.74) is 1.15. The second-order valence-electron chi connectivity index (χ2n) is 7.60. The van der Waals surface area contributed by atoms with Gasteiger partial charge in [0.15, 0.2) is 0 Å². The topological polar surface area (TPSA) is 110 Å². The fraction of sp³-hybridized carbons (Fsp3) is 0.238. The van der Waals surface area contributed by atoms with Crippen LogP contribution in [0.3, 0.4) is 0 Å². The summed E-state index contributed by atoms with van der Waals surface area (Å²) >= 11 is 0. The van der Waals surface area contributed by atoms with Gasteiger partial charge in [0.1, 0.15) is 17.3 Å². The van der Waals surface area contributed by atoms with Crippen molar-refractivity contribution in [1.29, 1.82) is 0 Å². The van der Waals surface area contributed by atoms with E-state index in [4.69, 9.17) is 9.26 Å². The molecular formula is C21H23N5O4. The molecule has 9 nitrogen and oxygen atoms in total. The summed E-state index contributed by atoms with van der Waals surface area (Å²) in [6.45, 7) is 6.02. The number of urea groups is 1. The molecule has 0 saturated carbocycles. The molecule has 3 aromatic rings. The molecule has 2 aromatic heterocycles. The molecule has 9 heteroatoms. The summed E-state index contributed by atoms with van der Waals surface area (Å²) in [5.74, 6) is 1.84. The van der Waals surface area contributed by atoms with Crippen LogP contribution in [0.1, 0.15) is 26.5 Å². The van der Waals surface area contributed by atoms with E-state index in [1.54, 1.807) is 55.7 Å². The number of amides is 3. The van der Waals surface area contributed by atoms with Crippen molar-refractivity contribution in [1.82, 2.24) is 10.1 Å². The number of nitrogens with zero attached hydrogens (tertiary/aromatic N) is 3. The van der Waals surface area contributed by atoms with Crippen molar-refractivity contribution in [2.45, 2.75) is 26.2 Å². The van der Waals surface area contributed by atoms with E-state index < -0.39 is 6.03 Å². The third kappa shape index (κ3) is 5.34. The van der Waals surface area contributed by atoms with E-state index in [9.17, 15) is 9.59 Å². The largest absolute Gasteiger partial charge is 0.457 e. The van der Waals surface area contributed by atoms with Crippen LogP contribution in [0.2, 0.25) is 0 Å². The maximum Gasteiger partial charge on any atom is 0.326 e. The zero-order valence-corrected chi connectivity index (χ0v) is 17.2. The van der Waals surface area contributed by atoms with Gasteiger partial charge in [0.05, 0.1) is 5.69 Å². The molecule has 0 aliphatic rings. The number of hydrogen-bond acceptors (Lipinski definition) is 6. The van der Waals surface area contributed by atoms with Crippen LogP contribution in [-0.2, 0) is 10.2 Å². The first-order valence-corrected chi connectivity index (χ1v) is 9.22. The zero-order chi connectivity index (χ0) is 21.7. The minimum atomic E-state index is -0.448. The monoisotopic (exact) mass is 409 g/mol. The Bertz CT molecular complexity index is 1020. The van der Waals surface area contributed by atoms with Gasteiger partial charge in [0, 0.05) is 36.5 Å². The fourth-order valence-corrected chi connectivity index (χ4v) is 2.41. The SMILES string of the molecule is CN(C=O)c1cc(Oc2ccc(NC(=O)Nc3cc(C(C)(C)C)no3)cc2)ccn1. The van der Waals surface area contributed by atoms with Gasteiger partial charge < -0.3 is 19.5 Å². The van der Waals surface area contributed by atoms with Crippen molar-refractivity contribution >= 4 is 29.8 Å². The van der Waals surface area contributed by atoms with E-state index in [1.807, 2.05) is 20.8 Å². The molecule has 0 aliphatic carbocycles. The van der Waals surface area contributed by atoms with E-state index in [0.29, 0.717) is 29.4 Å².